The van der Waals surface area contributed by atoms with E-state index >= 15 is 0 Å². The van der Waals surface area contributed by atoms with Crippen molar-refractivity contribution < 1.29 is 16.8 Å². The Labute approximate surface area is 131 Å². The lowest BCUT2D eigenvalue weighted by Gasteiger charge is -2.37. The van der Waals surface area contributed by atoms with Crippen molar-refractivity contribution in [2.75, 3.05) is 19.3 Å². The molecular formula is C13H21N3O4S2. The molecule has 0 unspecified atom stereocenters. The average Bonchev–Trinajstić information content (AvgIpc) is 2.47. The fraction of sp³-hybridized carbons (Fsp3) is 0.615. The average molecular weight is 347 g/mol. The summed E-state index contributed by atoms with van der Waals surface area (Å²) in [6.45, 7) is 2.53. The smallest absolute Gasteiger partial charge is 0.244 e. The van der Waals surface area contributed by atoms with Gasteiger partial charge in [0.25, 0.3) is 0 Å². The molecule has 0 spiro atoms. The molecule has 0 bridgehead atoms. The molecule has 0 aliphatic carbocycles. The van der Waals surface area contributed by atoms with Crippen molar-refractivity contribution >= 4 is 20.0 Å². The molecule has 1 aliphatic rings. The van der Waals surface area contributed by atoms with E-state index in [4.69, 9.17) is 0 Å². The molecule has 1 aromatic rings. The zero-order valence-corrected chi connectivity index (χ0v) is 14.3. The molecule has 1 aliphatic heterocycles. The monoisotopic (exact) mass is 347 g/mol. The van der Waals surface area contributed by atoms with Gasteiger partial charge in [0.1, 0.15) is 4.90 Å². The number of pyridine rings is 1. The van der Waals surface area contributed by atoms with Crippen LogP contribution < -0.4 is 4.72 Å². The summed E-state index contributed by atoms with van der Waals surface area (Å²) in [4.78, 5) is 4.02. The number of hydrogen-bond acceptors (Lipinski definition) is 5. The van der Waals surface area contributed by atoms with E-state index in [0.29, 0.717) is 25.9 Å². The van der Waals surface area contributed by atoms with Crippen LogP contribution in [0, 0.1) is 5.92 Å². The molecule has 22 heavy (non-hydrogen) atoms. The van der Waals surface area contributed by atoms with Crippen molar-refractivity contribution in [3.8, 4) is 0 Å². The van der Waals surface area contributed by atoms with E-state index in [-0.39, 0.29) is 16.9 Å². The van der Waals surface area contributed by atoms with Gasteiger partial charge >= 0.3 is 0 Å². The minimum Gasteiger partial charge on any atom is -0.263 e. The number of nitrogens with one attached hydrogen (secondary N) is 1. The lowest BCUT2D eigenvalue weighted by Crippen LogP contribution is -2.51. The highest BCUT2D eigenvalue weighted by atomic mass is 32.2. The van der Waals surface area contributed by atoms with Gasteiger partial charge in [0.15, 0.2) is 0 Å². The Balaban J connectivity index is 2.17. The molecule has 1 aromatic heterocycles. The highest BCUT2D eigenvalue weighted by molar-refractivity contribution is 7.89. The second-order valence-electron chi connectivity index (χ2n) is 5.51. The Kier molecular flexibility index (Phi) is 5.21. The van der Waals surface area contributed by atoms with Crippen molar-refractivity contribution in [2.24, 2.45) is 5.92 Å². The maximum Gasteiger partial charge on any atom is 0.244 e. The Morgan fingerprint density at radius 2 is 2.09 bits per heavy atom. The van der Waals surface area contributed by atoms with Crippen LogP contribution in [0.2, 0.25) is 0 Å². The zero-order chi connectivity index (χ0) is 16.4. The van der Waals surface area contributed by atoms with Gasteiger partial charge < -0.3 is 0 Å². The third-order valence-electron chi connectivity index (χ3n) is 3.86. The van der Waals surface area contributed by atoms with E-state index < -0.39 is 20.0 Å². The molecule has 1 fully saturated rings. The Hall–Kier alpha value is -1.03. The number of sulfonamides is 2. The lowest BCUT2D eigenvalue weighted by molar-refractivity contribution is 0.219. The van der Waals surface area contributed by atoms with Crippen LogP contribution in [0.3, 0.4) is 0 Å². The van der Waals surface area contributed by atoms with E-state index in [1.54, 1.807) is 6.07 Å². The lowest BCUT2D eigenvalue weighted by atomic mass is 9.92. The van der Waals surface area contributed by atoms with Gasteiger partial charge in [0.05, 0.1) is 6.26 Å². The van der Waals surface area contributed by atoms with E-state index in [0.717, 1.165) is 6.26 Å². The van der Waals surface area contributed by atoms with Crippen LogP contribution in [0.25, 0.3) is 0 Å². The number of piperidine rings is 1. The van der Waals surface area contributed by atoms with Crippen molar-refractivity contribution in [3.63, 3.8) is 0 Å². The molecule has 2 rings (SSSR count). The number of nitrogens with zero attached hydrogens (tertiary/aromatic N) is 2. The molecule has 0 radical (unpaired) electrons. The van der Waals surface area contributed by atoms with Crippen LogP contribution in [0.1, 0.15) is 19.8 Å². The third kappa shape index (κ3) is 4.03. The minimum absolute atomic E-state index is 0.0464. The summed E-state index contributed by atoms with van der Waals surface area (Å²) in [5, 5.41) is 0. The second-order valence-corrected chi connectivity index (χ2v) is 9.22. The summed E-state index contributed by atoms with van der Waals surface area (Å²) in [6, 6.07) is 2.88. The van der Waals surface area contributed by atoms with Crippen molar-refractivity contribution in [3.05, 3.63) is 24.5 Å². The van der Waals surface area contributed by atoms with Gasteiger partial charge in [-0.05, 0) is 24.5 Å². The molecule has 1 N–H and O–H groups in total. The topological polar surface area (TPSA) is 96.4 Å². The number of hydrogen-bond donors (Lipinski definition) is 1. The van der Waals surface area contributed by atoms with E-state index in [1.165, 1.54) is 22.8 Å². The molecule has 0 saturated carbocycles. The molecule has 7 nitrogen and oxygen atoms in total. The first-order chi connectivity index (χ1) is 10.2. The quantitative estimate of drug-likeness (QED) is 0.833. The van der Waals surface area contributed by atoms with Gasteiger partial charge in [-0.1, -0.05) is 13.3 Å². The summed E-state index contributed by atoms with van der Waals surface area (Å²) in [5.74, 6) is -0.0464. The van der Waals surface area contributed by atoms with Gasteiger partial charge in [-0.25, -0.2) is 21.6 Å². The summed E-state index contributed by atoms with van der Waals surface area (Å²) in [6.07, 6.45) is 5.14. The summed E-state index contributed by atoms with van der Waals surface area (Å²) in [7, 11) is -6.88. The maximum absolute atomic E-state index is 12.6. The van der Waals surface area contributed by atoms with E-state index in [2.05, 4.69) is 9.71 Å². The molecule has 1 saturated heterocycles. The fourth-order valence-electron chi connectivity index (χ4n) is 2.71. The highest BCUT2D eigenvalue weighted by Crippen LogP contribution is 2.25. The van der Waals surface area contributed by atoms with Gasteiger partial charge in [0, 0.05) is 31.5 Å². The Morgan fingerprint density at radius 3 is 2.64 bits per heavy atom. The minimum atomic E-state index is -3.58. The molecule has 0 amide bonds. The van der Waals surface area contributed by atoms with Crippen molar-refractivity contribution in [1.82, 2.24) is 14.0 Å². The predicted octanol–water partition coefficient (Wildman–Crippen LogP) is 0.420. The number of rotatable bonds is 5. The van der Waals surface area contributed by atoms with E-state index in [9.17, 15) is 16.8 Å². The Morgan fingerprint density at radius 1 is 1.36 bits per heavy atom. The third-order valence-corrected chi connectivity index (χ3v) is 6.44. The van der Waals surface area contributed by atoms with Crippen LogP contribution in [0.15, 0.2) is 29.4 Å². The standard InChI is InChI=1S/C13H21N3O4S2/c1-3-11-10-16(8-6-13(11)15-21(2,17)18)22(19,20)12-5-4-7-14-9-12/h4-5,7,9,11,13,15H,3,6,8,10H2,1-2H3/t11-,13+/m1/s1. The van der Waals surface area contributed by atoms with Crippen molar-refractivity contribution in [1.29, 1.82) is 0 Å². The van der Waals surface area contributed by atoms with Gasteiger partial charge in [-0.2, -0.15) is 4.31 Å². The van der Waals surface area contributed by atoms with Gasteiger partial charge in [-0.3, -0.25) is 4.98 Å². The predicted molar refractivity (Wildman–Crippen MR) is 83.2 cm³/mol. The second kappa shape index (κ2) is 6.61. The maximum atomic E-state index is 12.6. The number of aromatic nitrogens is 1. The summed E-state index contributed by atoms with van der Waals surface area (Å²) < 4.78 is 52.0. The van der Waals surface area contributed by atoms with Gasteiger partial charge in [0.2, 0.25) is 20.0 Å². The molecule has 9 heteroatoms. The summed E-state index contributed by atoms with van der Waals surface area (Å²) >= 11 is 0. The van der Waals surface area contributed by atoms with Crippen LogP contribution in [0.5, 0.6) is 0 Å². The SMILES string of the molecule is CC[C@@H]1CN(S(=O)(=O)c2cccnc2)CC[C@@H]1NS(C)(=O)=O. The normalized spacial score (nSPS) is 24.3. The molecular weight excluding hydrogens is 326 g/mol. The van der Waals surface area contributed by atoms with Crippen molar-refractivity contribution in [2.45, 2.75) is 30.7 Å². The largest absolute Gasteiger partial charge is 0.263 e. The first-order valence-electron chi connectivity index (χ1n) is 7.11. The van der Waals surface area contributed by atoms with E-state index in [1.807, 2.05) is 6.92 Å². The van der Waals surface area contributed by atoms with Crippen LogP contribution in [0.4, 0.5) is 0 Å². The van der Waals surface area contributed by atoms with Crippen LogP contribution in [-0.2, 0) is 20.0 Å². The highest BCUT2D eigenvalue weighted by Gasteiger charge is 2.35. The molecule has 2 atom stereocenters. The van der Waals surface area contributed by atoms with Crippen LogP contribution in [-0.4, -0.2) is 51.5 Å². The molecule has 0 aromatic carbocycles. The van der Waals surface area contributed by atoms with Crippen LogP contribution >= 0.6 is 0 Å². The summed E-state index contributed by atoms with van der Waals surface area (Å²) in [5.41, 5.74) is 0. The fourth-order valence-corrected chi connectivity index (χ4v) is 5.05. The first-order valence-corrected chi connectivity index (χ1v) is 10.4. The zero-order valence-electron chi connectivity index (χ0n) is 12.6. The molecule has 124 valence electrons. The molecule has 2 heterocycles. The first kappa shape index (κ1) is 17.3. The Bertz CT molecular complexity index is 704. The van der Waals surface area contributed by atoms with Gasteiger partial charge in [-0.15, -0.1) is 0 Å².